The van der Waals surface area contributed by atoms with E-state index in [2.05, 4.69) is 16.0 Å². The Bertz CT molecular complexity index is 2290. The number of hydrogen-bond donors (Lipinski definition) is 4. The van der Waals surface area contributed by atoms with Crippen LogP contribution in [0.4, 0.5) is 0 Å². The highest BCUT2D eigenvalue weighted by Crippen LogP contribution is 2.27. The van der Waals surface area contributed by atoms with Gasteiger partial charge in [-0.2, -0.15) is 0 Å². The summed E-state index contributed by atoms with van der Waals surface area (Å²) in [6, 6.07) is -0.830. The second-order valence-corrected chi connectivity index (χ2v) is 22.9. The lowest BCUT2D eigenvalue weighted by molar-refractivity contribution is -0.163. The van der Waals surface area contributed by atoms with Crippen molar-refractivity contribution in [2.24, 2.45) is 29.6 Å². The number of cyclic esters (lactones) is 2. The SMILES string of the molecule is CC[C@H](C)[C@H]1NC(=O)[C@@H](NC(=O)[C@H](CC(C)C)N(C)C(=O)[C@@H]2CCCN2C(=O)C(C)=O)[C@@H](C)OC(=O)[C@H](Cc2ccc(OC)cc2)N(C)C(=O)[C@@H]2CCCN2C[C@H](CC(C)C)NC(=O)[C@@H](C)C(=O)[C@H](C(C)C)OC(=O)C[C@@H]1O. The van der Waals surface area contributed by atoms with Crippen LogP contribution in [0.2, 0.25) is 0 Å². The molecule has 3 heterocycles. The van der Waals surface area contributed by atoms with Crippen LogP contribution in [-0.2, 0) is 63.8 Å². The van der Waals surface area contributed by atoms with E-state index in [4.69, 9.17) is 14.2 Å². The quantitative estimate of drug-likeness (QED) is 0.112. The van der Waals surface area contributed by atoms with Gasteiger partial charge < -0.3 is 50.0 Å². The summed E-state index contributed by atoms with van der Waals surface area (Å²) >= 11 is 0. The third-order valence-electron chi connectivity index (χ3n) is 15.5. The summed E-state index contributed by atoms with van der Waals surface area (Å²) in [5.74, 6) is -9.37. The molecule has 0 bridgehead atoms. The van der Waals surface area contributed by atoms with Crippen LogP contribution in [0.1, 0.15) is 133 Å². The molecule has 78 heavy (non-hydrogen) atoms. The van der Waals surface area contributed by atoms with Crippen molar-refractivity contribution in [3.8, 4) is 5.75 Å². The zero-order chi connectivity index (χ0) is 58.5. The van der Waals surface area contributed by atoms with Gasteiger partial charge in [0.1, 0.15) is 36.0 Å². The predicted octanol–water partition coefficient (Wildman–Crippen LogP) is 3.00. The number of ketones is 2. The number of methoxy groups -OCH3 is 1. The molecule has 3 aliphatic heterocycles. The number of esters is 2. The van der Waals surface area contributed by atoms with Crippen LogP contribution < -0.4 is 20.7 Å². The van der Waals surface area contributed by atoms with Crippen LogP contribution in [0, 0.1) is 29.6 Å². The highest BCUT2D eigenvalue weighted by molar-refractivity contribution is 6.35. The summed E-state index contributed by atoms with van der Waals surface area (Å²) in [6.07, 6.45) is -2.53. The Morgan fingerprint density at radius 3 is 2.10 bits per heavy atom. The molecule has 4 rings (SSSR count). The second kappa shape index (κ2) is 29.3. The molecule has 0 aliphatic carbocycles. The summed E-state index contributed by atoms with van der Waals surface area (Å²) < 4.78 is 17.3. The predicted molar refractivity (Wildman–Crippen MR) is 289 cm³/mol. The van der Waals surface area contributed by atoms with Gasteiger partial charge >= 0.3 is 11.9 Å². The minimum Gasteiger partial charge on any atom is -0.497 e. The fraction of sp³-hybridized carbons (Fsp3) is 0.719. The zero-order valence-electron chi connectivity index (χ0n) is 48.5. The van der Waals surface area contributed by atoms with Crippen molar-refractivity contribution < 1.29 is 67.3 Å². The van der Waals surface area contributed by atoms with E-state index in [9.17, 15) is 53.1 Å². The van der Waals surface area contributed by atoms with Gasteiger partial charge in [-0.1, -0.05) is 73.9 Å². The second-order valence-electron chi connectivity index (χ2n) is 22.9. The summed E-state index contributed by atoms with van der Waals surface area (Å²) in [5, 5.41) is 20.4. The number of nitrogens with one attached hydrogen (secondary N) is 3. The van der Waals surface area contributed by atoms with E-state index in [1.165, 1.54) is 49.8 Å². The minimum absolute atomic E-state index is 0.0465. The third kappa shape index (κ3) is 17.0. The highest BCUT2D eigenvalue weighted by atomic mass is 16.6. The summed E-state index contributed by atoms with van der Waals surface area (Å²) in [5.41, 5.74) is 0.635. The number of nitrogens with zero attached hydrogens (tertiary/aromatic N) is 4. The molecule has 4 N–H and O–H groups in total. The smallest absolute Gasteiger partial charge is 0.329 e. The van der Waals surface area contributed by atoms with Gasteiger partial charge in [0.05, 0.1) is 37.6 Å². The standard InChI is InChI=1S/C57H89N7O14/c1-15-34(8)47-45(66)29-46(67)78-50(33(6)7)49(68)35(9)51(69)58-39(26-31(2)3)30-63-24-16-18-41(63)55(73)62(13)44(28-38-20-22-40(76-14)23-21-38)57(75)77-37(11)48(53(71)59-47)60-52(70)43(27-32(4)5)61(12)56(74)42-19-17-25-64(42)54(72)36(10)65/h20-23,31-35,37,39,41-45,47-48,50,66H,15-19,24-30H2,1-14H3,(H,58,69)(H,59,71)(H,60,70)/t34-,35-,37+,39-,41-,42-,43-,44-,45-,47+,48-,50-/m0/s1. The van der Waals surface area contributed by atoms with Crippen LogP contribution in [0.3, 0.4) is 0 Å². The molecule has 21 nitrogen and oxygen atoms in total. The van der Waals surface area contributed by atoms with Gasteiger partial charge in [0.2, 0.25) is 35.3 Å². The number of likely N-dealkylation sites (N-methyl/N-ethyl adjacent to an activating group) is 2. The number of likely N-dealkylation sites (tertiary alicyclic amines) is 1. The van der Waals surface area contributed by atoms with Crippen molar-refractivity contribution in [2.75, 3.05) is 40.8 Å². The van der Waals surface area contributed by atoms with Crippen LogP contribution in [-0.4, -0.2) is 185 Å². The van der Waals surface area contributed by atoms with Gasteiger partial charge in [-0.05, 0) is 100 Å². The lowest BCUT2D eigenvalue weighted by Gasteiger charge is -2.36. The van der Waals surface area contributed by atoms with Crippen molar-refractivity contribution in [3.05, 3.63) is 29.8 Å². The molecule has 3 fully saturated rings. The molecule has 3 saturated heterocycles. The van der Waals surface area contributed by atoms with Crippen molar-refractivity contribution in [3.63, 3.8) is 0 Å². The Morgan fingerprint density at radius 1 is 0.885 bits per heavy atom. The number of rotatable bonds is 15. The number of benzene rings is 1. The molecule has 0 unspecified atom stereocenters. The summed E-state index contributed by atoms with van der Waals surface area (Å²) in [6.45, 7) is 19.3. The molecule has 6 amide bonds. The van der Waals surface area contributed by atoms with Gasteiger partial charge in [0.15, 0.2) is 11.9 Å². The molecule has 1 aromatic carbocycles. The monoisotopic (exact) mass is 1100 g/mol. The lowest BCUT2D eigenvalue weighted by Crippen LogP contribution is -2.62. The van der Waals surface area contributed by atoms with E-state index in [0.717, 1.165) is 6.92 Å². The van der Waals surface area contributed by atoms with Crippen molar-refractivity contribution in [2.45, 2.75) is 195 Å². The first-order valence-electron chi connectivity index (χ1n) is 27.9. The molecule has 3 aliphatic rings. The molecule has 21 heteroatoms. The number of aliphatic hydroxyl groups is 1. The largest absolute Gasteiger partial charge is 0.497 e. The average Bonchev–Trinajstić information content (AvgIpc) is 4.07. The van der Waals surface area contributed by atoms with Crippen LogP contribution in [0.5, 0.6) is 5.75 Å². The van der Waals surface area contributed by atoms with E-state index in [1.807, 2.05) is 32.6 Å². The lowest BCUT2D eigenvalue weighted by atomic mass is 9.91. The van der Waals surface area contributed by atoms with Crippen molar-refractivity contribution in [1.29, 1.82) is 0 Å². The molecule has 0 spiro atoms. The molecule has 436 valence electrons. The van der Waals surface area contributed by atoms with E-state index < -0.39 is 144 Å². The van der Waals surface area contributed by atoms with Gasteiger partial charge in [-0.15, -0.1) is 0 Å². The van der Waals surface area contributed by atoms with Crippen LogP contribution in [0.25, 0.3) is 0 Å². The first-order valence-corrected chi connectivity index (χ1v) is 27.9. The van der Waals surface area contributed by atoms with Gasteiger partial charge in [-0.25, -0.2) is 4.79 Å². The maximum Gasteiger partial charge on any atom is 0.329 e. The van der Waals surface area contributed by atoms with Crippen LogP contribution >= 0.6 is 0 Å². The van der Waals surface area contributed by atoms with Crippen LogP contribution in [0.15, 0.2) is 24.3 Å². The molecule has 1 aromatic rings. The van der Waals surface area contributed by atoms with Gasteiger partial charge in [0, 0.05) is 46.6 Å². The minimum atomic E-state index is -1.73. The molecule has 0 radical (unpaired) electrons. The Kier molecular flexibility index (Phi) is 24.3. The fourth-order valence-electron chi connectivity index (χ4n) is 10.7. The number of aliphatic hydroxyl groups excluding tert-OH is 1. The topological polar surface area (TPSA) is 268 Å². The van der Waals surface area contributed by atoms with E-state index in [-0.39, 0.29) is 44.2 Å². The number of carbonyl (C=O) groups excluding carboxylic acids is 10. The number of ether oxygens (including phenoxy) is 3. The number of amides is 6. The van der Waals surface area contributed by atoms with Gasteiger partial charge in [0.25, 0.3) is 5.91 Å². The Balaban J connectivity index is 1.87. The zero-order valence-corrected chi connectivity index (χ0v) is 48.5. The van der Waals surface area contributed by atoms with E-state index >= 15 is 0 Å². The average molecular weight is 1100 g/mol. The molecule has 12 atom stereocenters. The maximum absolute atomic E-state index is 15.0. The number of carbonyl (C=O) groups is 10. The summed E-state index contributed by atoms with van der Waals surface area (Å²) in [7, 11) is 4.42. The van der Waals surface area contributed by atoms with Crippen molar-refractivity contribution >= 4 is 58.9 Å². The summed E-state index contributed by atoms with van der Waals surface area (Å²) in [4.78, 5) is 147. The Morgan fingerprint density at radius 2 is 1.53 bits per heavy atom. The van der Waals surface area contributed by atoms with Crippen molar-refractivity contribution in [1.82, 2.24) is 35.6 Å². The Hall–Kier alpha value is -5.96. The fourth-order valence-corrected chi connectivity index (χ4v) is 10.7. The molecular weight excluding hydrogens is 1010 g/mol. The normalized spacial score (nSPS) is 27.6. The molecule has 0 aromatic heterocycles. The first-order chi connectivity index (χ1) is 36.6. The van der Waals surface area contributed by atoms with E-state index in [1.54, 1.807) is 52.0 Å². The van der Waals surface area contributed by atoms with Gasteiger partial charge in [-0.3, -0.25) is 48.1 Å². The number of Topliss-reactive ketones (excluding diaryl/α,β-unsaturated/α-hetero) is 2. The highest BCUT2D eigenvalue weighted by Gasteiger charge is 2.45. The maximum atomic E-state index is 15.0. The number of hydrogen-bond acceptors (Lipinski definition) is 15. The third-order valence-corrected chi connectivity index (χ3v) is 15.5. The Labute approximate surface area is 460 Å². The number of fused-ring (bicyclic) bond motifs is 1. The molecular formula is C57H89N7O14. The first kappa shape index (κ1) is 64.6. The van der Waals surface area contributed by atoms with E-state index in [0.29, 0.717) is 50.0 Å². The molecule has 0 saturated carbocycles.